The monoisotopic (exact) mass is 278 g/mol. The molecule has 0 bridgehead atoms. The van der Waals surface area contributed by atoms with Gasteiger partial charge in [-0.05, 0) is 37.5 Å². The summed E-state index contributed by atoms with van der Waals surface area (Å²) in [6.07, 6.45) is 11.5. The minimum atomic E-state index is 0.475. The van der Waals surface area contributed by atoms with E-state index in [4.69, 9.17) is 0 Å². The molecule has 0 aromatic rings. The van der Waals surface area contributed by atoms with Crippen molar-refractivity contribution in [1.29, 1.82) is 0 Å². The second kappa shape index (κ2) is 5.96. The molecule has 2 saturated carbocycles. The topological polar surface area (TPSA) is 15.3 Å². The molecule has 3 fully saturated rings. The maximum absolute atomic E-state index is 3.96. The van der Waals surface area contributed by atoms with Crippen LogP contribution in [0, 0.1) is 11.8 Å². The van der Waals surface area contributed by atoms with Gasteiger partial charge in [-0.15, -0.1) is 0 Å². The van der Waals surface area contributed by atoms with E-state index >= 15 is 0 Å². The zero-order valence-corrected chi connectivity index (χ0v) is 13.8. The number of rotatable bonds is 5. The fourth-order valence-corrected chi connectivity index (χ4v) is 4.64. The Labute approximate surface area is 125 Å². The fourth-order valence-electron chi connectivity index (χ4n) is 4.64. The third-order valence-electron chi connectivity index (χ3n) is 6.17. The largest absolute Gasteiger partial charge is 0.308 e. The van der Waals surface area contributed by atoms with Gasteiger partial charge in [0, 0.05) is 30.7 Å². The molecule has 3 aliphatic rings. The van der Waals surface area contributed by atoms with E-state index in [-0.39, 0.29) is 0 Å². The average molecular weight is 278 g/mol. The van der Waals surface area contributed by atoms with Gasteiger partial charge in [-0.3, -0.25) is 4.90 Å². The molecule has 3 rings (SSSR count). The van der Waals surface area contributed by atoms with Crippen molar-refractivity contribution in [3.63, 3.8) is 0 Å². The Morgan fingerprint density at radius 3 is 2.45 bits per heavy atom. The Balaban J connectivity index is 1.73. The van der Waals surface area contributed by atoms with Gasteiger partial charge in [0.2, 0.25) is 0 Å². The van der Waals surface area contributed by atoms with Crippen molar-refractivity contribution < 1.29 is 0 Å². The van der Waals surface area contributed by atoms with Gasteiger partial charge in [0.1, 0.15) is 0 Å². The quantitative estimate of drug-likeness (QED) is 0.822. The zero-order valence-electron chi connectivity index (χ0n) is 13.8. The van der Waals surface area contributed by atoms with Crippen molar-refractivity contribution in [2.75, 3.05) is 13.1 Å². The lowest BCUT2D eigenvalue weighted by molar-refractivity contribution is 0.0156. The van der Waals surface area contributed by atoms with Crippen LogP contribution in [-0.4, -0.2) is 35.6 Å². The van der Waals surface area contributed by atoms with Crippen LogP contribution in [0.1, 0.15) is 72.1 Å². The molecule has 0 aromatic carbocycles. The average Bonchev–Trinajstić information content (AvgIpc) is 3.15. The molecule has 1 aliphatic heterocycles. The van der Waals surface area contributed by atoms with Gasteiger partial charge in [-0.25, -0.2) is 0 Å². The van der Waals surface area contributed by atoms with Crippen molar-refractivity contribution in [3.8, 4) is 0 Å². The maximum Gasteiger partial charge on any atom is 0.0309 e. The Hall–Kier alpha value is -0.0800. The first-order valence-corrected chi connectivity index (χ1v) is 9.14. The summed E-state index contributed by atoms with van der Waals surface area (Å²) in [4.78, 5) is 2.94. The first-order valence-electron chi connectivity index (χ1n) is 9.14. The minimum Gasteiger partial charge on any atom is -0.308 e. The van der Waals surface area contributed by atoms with Crippen molar-refractivity contribution in [1.82, 2.24) is 10.2 Å². The second-order valence-corrected chi connectivity index (χ2v) is 8.09. The Kier molecular flexibility index (Phi) is 4.42. The molecular weight excluding hydrogens is 244 g/mol. The smallest absolute Gasteiger partial charge is 0.0309 e. The molecule has 116 valence electrons. The Bertz CT molecular complexity index is 315. The van der Waals surface area contributed by atoms with E-state index < -0.39 is 0 Å². The van der Waals surface area contributed by atoms with E-state index in [1.54, 1.807) is 0 Å². The molecule has 0 radical (unpaired) electrons. The van der Waals surface area contributed by atoms with Crippen LogP contribution in [-0.2, 0) is 0 Å². The van der Waals surface area contributed by atoms with Crippen LogP contribution in [0.2, 0.25) is 0 Å². The first-order chi connectivity index (χ1) is 9.63. The molecule has 2 unspecified atom stereocenters. The first kappa shape index (κ1) is 14.8. The molecular formula is C18H34N2. The lowest BCUT2D eigenvalue weighted by Crippen LogP contribution is -2.66. The maximum atomic E-state index is 3.96. The summed E-state index contributed by atoms with van der Waals surface area (Å²) in [5, 5.41) is 3.96. The van der Waals surface area contributed by atoms with Crippen LogP contribution in [0.5, 0.6) is 0 Å². The van der Waals surface area contributed by atoms with E-state index in [2.05, 4.69) is 31.0 Å². The van der Waals surface area contributed by atoms with E-state index in [1.807, 2.05) is 0 Å². The number of hydrogen-bond donors (Lipinski definition) is 1. The van der Waals surface area contributed by atoms with E-state index in [0.29, 0.717) is 5.54 Å². The van der Waals surface area contributed by atoms with Gasteiger partial charge in [-0.2, -0.15) is 0 Å². The third-order valence-corrected chi connectivity index (χ3v) is 6.17. The normalized spacial score (nSPS) is 32.1. The molecule has 0 aromatic heterocycles. The summed E-state index contributed by atoms with van der Waals surface area (Å²) in [6.45, 7) is 9.78. The molecule has 0 amide bonds. The van der Waals surface area contributed by atoms with Crippen molar-refractivity contribution in [2.45, 2.75) is 89.8 Å². The molecule has 2 aliphatic carbocycles. The van der Waals surface area contributed by atoms with Crippen molar-refractivity contribution in [3.05, 3.63) is 0 Å². The molecule has 20 heavy (non-hydrogen) atoms. The van der Waals surface area contributed by atoms with Crippen LogP contribution >= 0.6 is 0 Å². The highest BCUT2D eigenvalue weighted by Gasteiger charge is 2.44. The van der Waals surface area contributed by atoms with E-state index in [0.717, 1.165) is 23.9 Å². The van der Waals surface area contributed by atoms with Crippen LogP contribution < -0.4 is 5.32 Å². The molecule has 1 spiro atoms. The van der Waals surface area contributed by atoms with Crippen LogP contribution in [0.3, 0.4) is 0 Å². The number of hydrogen-bond acceptors (Lipinski definition) is 2. The number of piperazine rings is 1. The van der Waals surface area contributed by atoms with Crippen LogP contribution in [0.4, 0.5) is 0 Å². The highest BCUT2D eigenvalue weighted by Crippen LogP contribution is 2.39. The van der Waals surface area contributed by atoms with Crippen LogP contribution in [0.25, 0.3) is 0 Å². The highest BCUT2D eigenvalue weighted by molar-refractivity contribution is 5.03. The third kappa shape index (κ3) is 3.06. The number of nitrogens with one attached hydrogen (secondary N) is 1. The van der Waals surface area contributed by atoms with Crippen LogP contribution in [0.15, 0.2) is 0 Å². The molecule has 2 atom stereocenters. The van der Waals surface area contributed by atoms with Crippen molar-refractivity contribution >= 4 is 0 Å². The summed E-state index contributed by atoms with van der Waals surface area (Å²) in [7, 11) is 0. The van der Waals surface area contributed by atoms with Gasteiger partial charge in [0.15, 0.2) is 0 Å². The Morgan fingerprint density at radius 2 is 1.90 bits per heavy atom. The number of nitrogens with zero attached hydrogens (tertiary/aromatic N) is 1. The fraction of sp³-hybridized carbons (Fsp3) is 1.00. The van der Waals surface area contributed by atoms with Gasteiger partial charge in [-0.1, -0.05) is 46.5 Å². The predicted octanol–water partition coefficient (Wildman–Crippen LogP) is 3.81. The lowest BCUT2D eigenvalue weighted by Gasteiger charge is -2.51. The summed E-state index contributed by atoms with van der Waals surface area (Å²) in [5.41, 5.74) is 0.475. The zero-order chi connectivity index (χ0) is 14.2. The van der Waals surface area contributed by atoms with E-state index in [1.165, 1.54) is 64.5 Å². The predicted molar refractivity (Wildman–Crippen MR) is 86.0 cm³/mol. The Morgan fingerprint density at radius 1 is 1.20 bits per heavy atom. The lowest BCUT2D eigenvalue weighted by atomic mass is 9.86. The molecule has 2 nitrogen and oxygen atoms in total. The second-order valence-electron chi connectivity index (χ2n) is 8.09. The molecule has 2 heteroatoms. The van der Waals surface area contributed by atoms with Gasteiger partial charge in [0.05, 0.1) is 0 Å². The highest BCUT2D eigenvalue weighted by atomic mass is 15.3. The standard InChI is InChI=1S/C18H34N2/c1-4-16(11-15-7-8-15)20-13-18(9-5-6-10-18)19-12-17(20)14(2)3/h14-17,19H,4-13H2,1-3H3. The molecule has 1 N–H and O–H groups in total. The van der Waals surface area contributed by atoms with Crippen molar-refractivity contribution in [2.24, 2.45) is 11.8 Å². The summed E-state index contributed by atoms with van der Waals surface area (Å²) in [5.74, 6) is 1.83. The van der Waals surface area contributed by atoms with Gasteiger partial charge >= 0.3 is 0 Å². The van der Waals surface area contributed by atoms with Gasteiger partial charge in [0.25, 0.3) is 0 Å². The molecule has 1 heterocycles. The van der Waals surface area contributed by atoms with E-state index in [9.17, 15) is 0 Å². The van der Waals surface area contributed by atoms with Gasteiger partial charge < -0.3 is 5.32 Å². The summed E-state index contributed by atoms with van der Waals surface area (Å²) < 4.78 is 0. The SMILES string of the molecule is CCC(CC1CC1)N1CC2(CCCC2)NCC1C(C)C. The summed E-state index contributed by atoms with van der Waals surface area (Å²) >= 11 is 0. The summed E-state index contributed by atoms with van der Waals surface area (Å²) in [6, 6.07) is 1.60. The minimum absolute atomic E-state index is 0.475. The molecule has 1 saturated heterocycles.